The second-order valence-electron chi connectivity index (χ2n) is 2.14. The van der Waals surface area contributed by atoms with Crippen molar-refractivity contribution in [2.45, 2.75) is 6.54 Å². The van der Waals surface area contributed by atoms with E-state index in [0.29, 0.717) is 13.2 Å². The van der Waals surface area contributed by atoms with Gasteiger partial charge in [-0.2, -0.15) is 0 Å². The summed E-state index contributed by atoms with van der Waals surface area (Å²) in [4.78, 5) is 3.88. The maximum Gasteiger partial charge on any atom is 0.0946 e. The zero-order chi connectivity index (χ0) is 7.94. The van der Waals surface area contributed by atoms with Crippen LogP contribution >= 0.6 is 0 Å². The molecule has 0 spiro atoms. The topological polar surface area (TPSA) is 47.3 Å². The fourth-order valence-corrected chi connectivity index (χ4v) is 0.756. The highest BCUT2D eigenvalue weighted by Gasteiger charge is 1.88. The standard InChI is InChI=1S/C7H12N2O2/c10-4-6-11-5-3-9-2-1-8-7-9/h1-2,7,10H,3-6H2. The Morgan fingerprint density at radius 2 is 2.36 bits per heavy atom. The third-order valence-electron chi connectivity index (χ3n) is 1.29. The molecule has 0 fully saturated rings. The largest absolute Gasteiger partial charge is 0.394 e. The molecule has 0 saturated carbocycles. The summed E-state index contributed by atoms with van der Waals surface area (Å²) in [5.74, 6) is 0. The van der Waals surface area contributed by atoms with Gasteiger partial charge in [-0.05, 0) is 0 Å². The third kappa shape index (κ3) is 3.15. The van der Waals surface area contributed by atoms with Crippen LogP contribution in [-0.4, -0.2) is 34.5 Å². The number of aliphatic hydroxyl groups excluding tert-OH is 1. The lowest BCUT2D eigenvalue weighted by molar-refractivity contribution is 0.0870. The number of ether oxygens (including phenoxy) is 1. The van der Waals surface area contributed by atoms with Crippen LogP contribution in [0.25, 0.3) is 0 Å². The van der Waals surface area contributed by atoms with Gasteiger partial charge in [-0.1, -0.05) is 0 Å². The molecule has 0 unspecified atom stereocenters. The minimum atomic E-state index is 0.0872. The molecular formula is C7H12N2O2. The minimum Gasteiger partial charge on any atom is -0.394 e. The Morgan fingerprint density at radius 1 is 1.45 bits per heavy atom. The molecule has 4 heteroatoms. The maximum absolute atomic E-state index is 8.38. The molecule has 1 rings (SSSR count). The van der Waals surface area contributed by atoms with E-state index in [9.17, 15) is 0 Å². The minimum absolute atomic E-state index is 0.0872. The van der Waals surface area contributed by atoms with Gasteiger partial charge in [-0.25, -0.2) is 4.98 Å². The van der Waals surface area contributed by atoms with Gasteiger partial charge in [-0.3, -0.25) is 0 Å². The second-order valence-corrected chi connectivity index (χ2v) is 2.14. The molecule has 0 saturated heterocycles. The van der Waals surface area contributed by atoms with Gasteiger partial charge in [0, 0.05) is 18.9 Å². The van der Waals surface area contributed by atoms with Crippen LogP contribution in [0.5, 0.6) is 0 Å². The van der Waals surface area contributed by atoms with E-state index in [1.54, 1.807) is 12.5 Å². The van der Waals surface area contributed by atoms with E-state index >= 15 is 0 Å². The predicted octanol–water partition coefficient (Wildman–Crippen LogP) is -0.108. The number of nitrogens with zero attached hydrogens (tertiary/aromatic N) is 2. The lowest BCUT2D eigenvalue weighted by Crippen LogP contribution is -2.06. The summed E-state index contributed by atoms with van der Waals surface area (Å²) < 4.78 is 6.99. The summed E-state index contributed by atoms with van der Waals surface area (Å²) in [5, 5.41) is 8.38. The SMILES string of the molecule is OCCOCCn1ccnc1. The van der Waals surface area contributed by atoms with Crippen LogP contribution in [0.2, 0.25) is 0 Å². The van der Waals surface area contributed by atoms with Gasteiger partial charge < -0.3 is 14.4 Å². The number of hydrogen-bond acceptors (Lipinski definition) is 3. The third-order valence-corrected chi connectivity index (χ3v) is 1.29. The van der Waals surface area contributed by atoms with Gasteiger partial charge in [0.1, 0.15) is 0 Å². The zero-order valence-electron chi connectivity index (χ0n) is 6.31. The molecular weight excluding hydrogens is 144 g/mol. The zero-order valence-corrected chi connectivity index (χ0v) is 6.31. The molecule has 0 aliphatic heterocycles. The van der Waals surface area contributed by atoms with Crippen molar-refractivity contribution in [3.05, 3.63) is 18.7 Å². The van der Waals surface area contributed by atoms with Crippen molar-refractivity contribution in [3.63, 3.8) is 0 Å². The highest BCUT2D eigenvalue weighted by molar-refractivity contribution is 4.73. The average molecular weight is 156 g/mol. The Morgan fingerprint density at radius 3 is 3.00 bits per heavy atom. The quantitative estimate of drug-likeness (QED) is 0.605. The summed E-state index contributed by atoms with van der Waals surface area (Å²) in [6.45, 7) is 1.91. The molecule has 0 aromatic carbocycles. The Labute approximate surface area is 65.4 Å². The number of aliphatic hydroxyl groups is 1. The summed E-state index contributed by atoms with van der Waals surface area (Å²) in [6, 6.07) is 0. The normalized spacial score (nSPS) is 10.3. The number of hydrogen-bond donors (Lipinski definition) is 1. The molecule has 62 valence electrons. The number of imidazole rings is 1. The molecule has 1 heterocycles. The molecule has 0 aliphatic carbocycles. The summed E-state index contributed by atoms with van der Waals surface area (Å²) >= 11 is 0. The molecule has 0 amide bonds. The van der Waals surface area contributed by atoms with Crippen molar-refractivity contribution in [1.29, 1.82) is 0 Å². The van der Waals surface area contributed by atoms with Crippen LogP contribution in [-0.2, 0) is 11.3 Å². The van der Waals surface area contributed by atoms with Gasteiger partial charge in [0.25, 0.3) is 0 Å². The molecule has 0 aliphatic rings. The predicted molar refractivity (Wildman–Crippen MR) is 40.1 cm³/mol. The van der Waals surface area contributed by atoms with Crippen LogP contribution in [0, 0.1) is 0 Å². The fraction of sp³-hybridized carbons (Fsp3) is 0.571. The van der Waals surface area contributed by atoms with E-state index < -0.39 is 0 Å². The Kier molecular flexibility index (Phi) is 3.64. The molecule has 11 heavy (non-hydrogen) atoms. The lowest BCUT2D eigenvalue weighted by atomic mass is 10.6. The van der Waals surface area contributed by atoms with Crippen molar-refractivity contribution in [2.75, 3.05) is 19.8 Å². The smallest absolute Gasteiger partial charge is 0.0946 e. The molecule has 0 atom stereocenters. The van der Waals surface area contributed by atoms with Crippen molar-refractivity contribution in [3.8, 4) is 0 Å². The van der Waals surface area contributed by atoms with Crippen LogP contribution in [0.3, 0.4) is 0 Å². The second kappa shape index (κ2) is 4.87. The van der Waals surface area contributed by atoms with Crippen LogP contribution < -0.4 is 0 Å². The highest BCUT2D eigenvalue weighted by atomic mass is 16.5. The molecule has 1 N–H and O–H groups in total. The van der Waals surface area contributed by atoms with Crippen molar-refractivity contribution in [1.82, 2.24) is 9.55 Å². The van der Waals surface area contributed by atoms with Crippen molar-refractivity contribution >= 4 is 0 Å². The van der Waals surface area contributed by atoms with Gasteiger partial charge in [0.2, 0.25) is 0 Å². The first-order valence-corrected chi connectivity index (χ1v) is 3.58. The lowest BCUT2D eigenvalue weighted by Gasteiger charge is -2.01. The van der Waals surface area contributed by atoms with E-state index in [-0.39, 0.29) is 6.61 Å². The first kappa shape index (κ1) is 8.23. The Bertz CT molecular complexity index is 175. The van der Waals surface area contributed by atoms with Crippen molar-refractivity contribution < 1.29 is 9.84 Å². The molecule has 1 aromatic rings. The van der Waals surface area contributed by atoms with Crippen LogP contribution in [0.15, 0.2) is 18.7 Å². The number of aromatic nitrogens is 2. The van der Waals surface area contributed by atoms with E-state index in [0.717, 1.165) is 6.54 Å². The van der Waals surface area contributed by atoms with Crippen molar-refractivity contribution in [2.24, 2.45) is 0 Å². The van der Waals surface area contributed by atoms with E-state index in [4.69, 9.17) is 9.84 Å². The Balaban J connectivity index is 2.04. The van der Waals surface area contributed by atoms with E-state index in [2.05, 4.69) is 4.98 Å². The highest BCUT2D eigenvalue weighted by Crippen LogP contribution is 1.85. The van der Waals surface area contributed by atoms with Gasteiger partial charge in [-0.15, -0.1) is 0 Å². The monoisotopic (exact) mass is 156 g/mol. The Hall–Kier alpha value is -0.870. The van der Waals surface area contributed by atoms with Gasteiger partial charge >= 0.3 is 0 Å². The fourth-order valence-electron chi connectivity index (χ4n) is 0.756. The first-order valence-electron chi connectivity index (χ1n) is 3.58. The molecule has 0 radical (unpaired) electrons. The first-order chi connectivity index (χ1) is 5.43. The van der Waals surface area contributed by atoms with Gasteiger partial charge in [0.15, 0.2) is 0 Å². The molecule has 4 nitrogen and oxygen atoms in total. The maximum atomic E-state index is 8.38. The molecule has 1 aromatic heterocycles. The summed E-state index contributed by atoms with van der Waals surface area (Å²) in [7, 11) is 0. The summed E-state index contributed by atoms with van der Waals surface area (Å²) in [6.07, 6.45) is 5.34. The van der Waals surface area contributed by atoms with Gasteiger partial charge in [0.05, 0.1) is 26.1 Å². The summed E-state index contributed by atoms with van der Waals surface area (Å²) in [5.41, 5.74) is 0. The average Bonchev–Trinajstić information content (AvgIpc) is 2.50. The molecule has 0 bridgehead atoms. The van der Waals surface area contributed by atoms with Crippen LogP contribution in [0.4, 0.5) is 0 Å². The van der Waals surface area contributed by atoms with E-state index in [1.165, 1.54) is 0 Å². The number of rotatable bonds is 5. The van der Waals surface area contributed by atoms with Crippen LogP contribution in [0.1, 0.15) is 0 Å². The van der Waals surface area contributed by atoms with E-state index in [1.807, 2.05) is 10.8 Å².